The number of hydrogen-bond donors (Lipinski definition) is 1. The lowest BCUT2D eigenvalue weighted by atomic mass is 9.67. The maximum Gasteiger partial charge on any atom is 0.416 e. The van der Waals surface area contributed by atoms with Crippen LogP contribution in [-0.2, 0) is 6.18 Å². The first-order valence-electron chi connectivity index (χ1n) is 7.14. The molecule has 1 N–H and O–H groups in total. The van der Waals surface area contributed by atoms with Crippen LogP contribution < -0.4 is 5.32 Å². The summed E-state index contributed by atoms with van der Waals surface area (Å²) in [6.45, 7) is 3.05. The number of nitrogens with zero attached hydrogens (tertiary/aromatic N) is 1. The molecule has 0 amide bonds. The summed E-state index contributed by atoms with van der Waals surface area (Å²) < 4.78 is 38.8. The van der Waals surface area contributed by atoms with Crippen molar-refractivity contribution in [2.75, 3.05) is 11.9 Å². The molecule has 0 saturated heterocycles. The number of aromatic nitrogens is 1. The zero-order valence-electron chi connectivity index (χ0n) is 11.8. The minimum atomic E-state index is -4.32. The summed E-state index contributed by atoms with van der Waals surface area (Å²) in [4.78, 5) is 4.29. The van der Waals surface area contributed by atoms with Crippen LogP contribution in [0, 0.1) is 5.41 Å². The Hall–Kier alpha value is -1.30. The molecule has 6 heteroatoms. The lowest BCUT2D eigenvalue weighted by molar-refractivity contribution is -0.137. The van der Waals surface area contributed by atoms with Crippen LogP contribution in [0.5, 0.6) is 0 Å². The predicted molar refractivity (Wildman–Crippen MR) is 79.7 cm³/mol. The minimum absolute atomic E-state index is 0.356. The van der Waals surface area contributed by atoms with Gasteiger partial charge in [0.25, 0.3) is 0 Å². The van der Waals surface area contributed by atoms with Crippen LogP contribution >= 0.6 is 11.3 Å². The van der Waals surface area contributed by atoms with Gasteiger partial charge in [0, 0.05) is 6.54 Å². The molecule has 1 aromatic heterocycles. The molecule has 1 aromatic carbocycles. The molecule has 2 nitrogen and oxygen atoms in total. The molecule has 1 fully saturated rings. The second-order valence-electron chi connectivity index (χ2n) is 5.76. The molecule has 1 aliphatic rings. The molecule has 114 valence electrons. The average Bonchev–Trinajstić information content (AvgIpc) is 2.78. The Bertz CT molecular complexity index is 638. The average molecular weight is 314 g/mol. The Morgan fingerprint density at radius 1 is 1.33 bits per heavy atom. The summed E-state index contributed by atoms with van der Waals surface area (Å²) >= 11 is 1.41. The van der Waals surface area contributed by atoms with Crippen LogP contribution in [0.25, 0.3) is 10.2 Å². The first-order chi connectivity index (χ1) is 9.92. The first-order valence-corrected chi connectivity index (χ1v) is 7.95. The Morgan fingerprint density at radius 2 is 2.10 bits per heavy atom. The van der Waals surface area contributed by atoms with Crippen molar-refractivity contribution < 1.29 is 13.2 Å². The van der Waals surface area contributed by atoms with Crippen LogP contribution in [0.4, 0.5) is 18.3 Å². The van der Waals surface area contributed by atoms with Crippen LogP contribution in [-0.4, -0.2) is 11.5 Å². The molecule has 0 radical (unpaired) electrons. The second kappa shape index (κ2) is 5.16. The number of fused-ring (bicyclic) bond motifs is 1. The molecule has 21 heavy (non-hydrogen) atoms. The number of halogens is 3. The third-order valence-corrected chi connectivity index (χ3v) is 5.49. The summed E-state index contributed by atoms with van der Waals surface area (Å²) in [7, 11) is 0. The first kappa shape index (κ1) is 14.6. The number of thiazole rings is 1. The number of anilines is 1. The number of alkyl halides is 3. The molecular weight excluding hydrogens is 297 g/mol. The Labute approximate surface area is 125 Å². The van der Waals surface area contributed by atoms with Gasteiger partial charge in [-0.05, 0) is 42.9 Å². The highest BCUT2D eigenvalue weighted by molar-refractivity contribution is 7.22. The van der Waals surface area contributed by atoms with Gasteiger partial charge in [0.15, 0.2) is 5.13 Å². The highest BCUT2D eigenvalue weighted by Crippen LogP contribution is 2.44. The lowest BCUT2D eigenvalue weighted by Gasteiger charge is -2.41. The fraction of sp³-hybridized carbons (Fsp3) is 0.533. The van der Waals surface area contributed by atoms with Gasteiger partial charge in [0.05, 0.1) is 15.8 Å². The zero-order valence-corrected chi connectivity index (χ0v) is 12.6. The molecule has 0 unspecified atom stereocenters. The molecule has 1 saturated carbocycles. The quantitative estimate of drug-likeness (QED) is 0.827. The van der Waals surface area contributed by atoms with Crippen molar-refractivity contribution in [1.82, 2.24) is 4.98 Å². The molecule has 3 rings (SSSR count). The smallest absolute Gasteiger partial charge is 0.361 e. The highest BCUT2D eigenvalue weighted by Gasteiger charge is 2.35. The molecule has 2 aromatic rings. The lowest BCUT2D eigenvalue weighted by Crippen LogP contribution is -2.35. The predicted octanol–water partition coefficient (Wildman–Crippen LogP) is 5.31. The van der Waals surface area contributed by atoms with Crippen LogP contribution in [0.15, 0.2) is 18.2 Å². The van der Waals surface area contributed by atoms with Crippen molar-refractivity contribution in [2.45, 2.75) is 38.8 Å². The van der Waals surface area contributed by atoms with Gasteiger partial charge in [-0.1, -0.05) is 24.7 Å². The molecule has 0 atom stereocenters. The van der Waals surface area contributed by atoms with Gasteiger partial charge in [-0.15, -0.1) is 0 Å². The fourth-order valence-electron chi connectivity index (χ4n) is 2.77. The van der Waals surface area contributed by atoms with Gasteiger partial charge in [-0.25, -0.2) is 4.98 Å². The Kier molecular flexibility index (Phi) is 3.59. The van der Waals surface area contributed by atoms with E-state index in [1.54, 1.807) is 0 Å². The highest BCUT2D eigenvalue weighted by atomic mass is 32.1. The van der Waals surface area contributed by atoms with E-state index in [0.717, 1.165) is 29.8 Å². The van der Waals surface area contributed by atoms with Crippen LogP contribution in [0.2, 0.25) is 0 Å². The van der Waals surface area contributed by atoms with E-state index in [4.69, 9.17) is 0 Å². The third kappa shape index (κ3) is 2.86. The van der Waals surface area contributed by atoms with E-state index in [2.05, 4.69) is 17.2 Å². The molecule has 0 bridgehead atoms. The summed E-state index contributed by atoms with van der Waals surface area (Å²) in [6.07, 6.45) is 0.524. The Balaban J connectivity index is 1.78. The number of rotatable bonds is 4. The van der Waals surface area contributed by atoms with Crippen molar-refractivity contribution in [3.8, 4) is 0 Å². The van der Waals surface area contributed by atoms with Gasteiger partial charge in [-0.3, -0.25) is 0 Å². The van der Waals surface area contributed by atoms with Gasteiger partial charge >= 0.3 is 6.18 Å². The van der Waals surface area contributed by atoms with Gasteiger partial charge in [0.2, 0.25) is 0 Å². The summed E-state index contributed by atoms with van der Waals surface area (Å²) in [5.41, 5.74) is 0.127. The van der Waals surface area contributed by atoms with Gasteiger partial charge in [0.1, 0.15) is 0 Å². The summed E-state index contributed by atoms with van der Waals surface area (Å²) in [6, 6.07) is 3.74. The number of hydrogen-bond acceptors (Lipinski definition) is 3. The maximum absolute atomic E-state index is 12.7. The molecule has 1 heterocycles. The van der Waals surface area contributed by atoms with Crippen molar-refractivity contribution in [1.29, 1.82) is 0 Å². The van der Waals surface area contributed by atoms with Crippen molar-refractivity contribution in [2.24, 2.45) is 5.41 Å². The topological polar surface area (TPSA) is 24.9 Å². The largest absolute Gasteiger partial charge is 0.416 e. The van der Waals surface area contributed by atoms with E-state index in [-0.39, 0.29) is 0 Å². The maximum atomic E-state index is 12.7. The van der Waals surface area contributed by atoms with Gasteiger partial charge < -0.3 is 5.32 Å². The van der Waals surface area contributed by atoms with E-state index in [9.17, 15) is 13.2 Å². The van der Waals surface area contributed by atoms with E-state index in [1.807, 2.05) is 0 Å². The van der Waals surface area contributed by atoms with E-state index in [1.165, 1.54) is 36.7 Å². The SMILES string of the molecule is CCC1(CNc2nc3cc(C(F)(F)F)ccc3s2)CCC1. The monoisotopic (exact) mass is 314 g/mol. The summed E-state index contributed by atoms with van der Waals surface area (Å²) in [5, 5.41) is 4.02. The zero-order chi connectivity index (χ0) is 15.1. The van der Waals surface area contributed by atoms with Gasteiger partial charge in [-0.2, -0.15) is 13.2 Å². The Morgan fingerprint density at radius 3 is 2.67 bits per heavy atom. The molecular formula is C15H17F3N2S. The molecule has 1 aliphatic carbocycles. The molecule has 0 spiro atoms. The standard InChI is InChI=1S/C15H17F3N2S/c1-2-14(6-3-7-14)9-19-13-20-11-8-10(15(16,17)18)4-5-12(11)21-13/h4-5,8H,2-3,6-7,9H2,1H3,(H,19,20). The van der Waals surface area contributed by atoms with Crippen molar-refractivity contribution >= 4 is 26.7 Å². The van der Waals surface area contributed by atoms with E-state index in [0.29, 0.717) is 16.1 Å². The second-order valence-corrected chi connectivity index (χ2v) is 6.79. The number of nitrogens with one attached hydrogen (secondary N) is 1. The van der Waals surface area contributed by atoms with Crippen molar-refractivity contribution in [3.05, 3.63) is 23.8 Å². The minimum Gasteiger partial charge on any atom is -0.361 e. The molecule has 0 aliphatic heterocycles. The van der Waals surface area contributed by atoms with E-state index >= 15 is 0 Å². The van der Waals surface area contributed by atoms with Crippen LogP contribution in [0.1, 0.15) is 38.2 Å². The summed E-state index contributed by atoms with van der Waals surface area (Å²) in [5.74, 6) is 0. The third-order valence-electron chi connectivity index (χ3n) is 4.49. The normalized spacial score (nSPS) is 17.7. The fourth-order valence-corrected chi connectivity index (χ4v) is 3.62. The van der Waals surface area contributed by atoms with Crippen molar-refractivity contribution in [3.63, 3.8) is 0 Å². The van der Waals surface area contributed by atoms with E-state index < -0.39 is 11.7 Å². The van der Waals surface area contributed by atoms with Crippen LogP contribution in [0.3, 0.4) is 0 Å². The number of benzene rings is 1.